The summed E-state index contributed by atoms with van der Waals surface area (Å²) < 4.78 is 5.29. The number of aryl methyl sites for hydroxylation is 1. The van der Waals surface area contributed by atoms with Crippen molar-refractivity contribution in [3.63, 3.8) is 0 Å². The van der Waals surface area contributed by atoms with Crippen molar-refractivity contribution in [3.8, 4) is 5.75 Å². The molecule has 190 valence electrons. The van der Waals surface area contributed by atoms with Crippen LogP contribution in [0.15, 0.2) is 84.9 Å². The summed E-state index contributed by atoms with van der Waals surface area (Å²) in [6, 6.07) is 27.0. The number of ether oxygens (including phenoxy) is 1. The molecular weight excluding hydrogens is 448 g/mol. The molecule has 2 amide bonds. The molecule has 0 saturated heterocycles. The lowest BCUT2D eigenvalue weighted by Crippen LogP contribution is -2.50. The third-order valence-corrected chi connectivity index (χ3v) is 6.27. The maximum Gasteiger partial charge on any atom is 0.243 e. The molecule has 0 saturated carbocycles. The number of rotatable bonds is 13. The van der Waals surface area contributed by atoms with Crippen LogP contribution in [0.1, 0.15) is 43.4 Å². The average Bonchev–Trinajstić information content (AvgIpc) is 2.90. The van der Waals surface area contributed by atoms with E-state index in [-0.39, 0.29) is 11.8 Å². The summed E-state index contributed by atoms with van der Waals surface area (Å²) in [5.41, 5.74) is 3.09. The van der Waals surface area contributed by atoms with E-state index in [0.717, 1.165) is 28.9 Å². The molecule has 1 atom stereocenters. The standard InChI is InChI=1S/C31H38N2O3/c1-24(2)20-21-32-31(35)29(22-26-12-8-5-9-13-26)33(23-27-14-17-28(36-3)18-15-27)30(34)19-16-25-10-6-4-7-11-25/h4-15,17-18,24,29H,16,19-23H2,1-3H3,(H,32,35)/t29-/m0/s1. The maximum atomic E-state index is 13.7. The van der Waals surface area contributed by atoms with Gasteiger partial charge in [-0.25, -0.2) is 0 Å². The Bertz CT molecular complexity index is 1070. The molecule has 0 radical (unpaired) electrons. The molecule has 0 spiro atoms. The predicted octanol–water partition coefficient (Wildman–Crippen LogP) is 5.43. The zero-order valence-corrected chi connectivity index (χ0v) is 21.7. The van der Waals surface area contributed by atoms with Gasteiger partial charge in [-0.1, -0.05) is 86.6 Å². The number of nitrogens with zero attached hydrogens (tertiary/aromatic N) is 1. The highest BCUT2D eigenvalue weighted by Gasteiger charge is 2.30. The van der Waals surface area contributed by atoms with Crippen molar-refractivity contribution in [2.45, 2.75) is 52.1 Å². The number of hydrogen-bond acceptors (Lipinski definition) is 3. The molecule has 1 N–H and O–H groups in total. The van der Waals surface area contributed by atoms with Crippen LogP contribution in [0, 0.1) is 5.92 Å². The molecule has 0 aliphatic carbocycles. The summed E-state index contributed by atoms with van der Waals surface area (Å²) >= 11 is 0. The van der Waals surface area contributed by atoms with Crippen molar-refractivity contribution in [3.05, 3.63) is 102 Å². The van der Waals surface area contributed by atoms with E-state index >= 15 is 0 Å². The van der Waals surface area contributed by atoms with E-state index in [2.05, 4.69) is 19.2 Å². The highest BCUT2D eigenvalue weighted by atomic mass is 16.5. The molecule has 0 unspecified atom stereocenters. The minimum absolute atomic E-state index is 0.0328. The van der Waals surface area contributed by atoms with Crippen LogP contribution in [-0.2, 0) is 29.0 Å². The summed E-state index contributed by atoms with van der Waals surface area (Å²) in [5.74, 6) is 1.10. The SMILES string of the molecule is COc1ccc(CN(C(=O)CCc2ccccc2)[C@@H](Cc2ccccc2)C(=O)NCCC(C)C)cc1. The Morgan fingerprint density at radius 3 is 2.03 bits per heavy atom. The quantitative estimate of drug-likeness (QED) is 0.350. The number of benzene rings is 3. The first kappa shape index (κ1) is 27.0. The fraction of sp³-hybridized carbons (Fsp3) is 0.355. The zero-order chi connectivity index (χ0) is 25.8. The summed E-state index contributed by atoms with van der Waals surface area (Å²) in [6.07, 6.45) is 2.32. The van der Waals surface area contributed by atoms with E-state index in [9.17, 15) is 9.59 Å². The van der Waals surface area contributed by atoms with E-state index in [1.807, 2.05) is 84.9 Å². The lowest BCUT2D eigenvalue weighted by molar-refractivity contribution is -0.141. The van der Waals surface area contributed by atoms with Crippen molar-refractivity contribution < 1.29 is 14.3 Å². The van der Waals surface area contributed by atoms with E-state index in [1.54, 1.807) is 12.0 Å². The molecule has 3 aromatic carbocycles. The van der Waals surface area contributed by atoms with Crippen molar-refractivity contribution in [1.29, 1.82) is 0 Å². The van der Waals surface area contributed by atoms with Gasteiger partial charge in [0.1, 0.15) is 11.8 Å². The van der Waals surface area contributed by atoms with Gasteiger partial charge in [0.05, 0.1) is 7.11 Å². The first-order chi connectivity index (χ1) is 17.5. The monoisotopic (exact) mass is 486 g/mol. The van der Waals surface area contributed by atoms with Gasteiger partial charge in [-0.3, -0.25) is 9.59 Å². The lowest BCUT2D eigenvalue weighted by atomic mass is 10.0. The number of amides is 2. The number of hydrogen-bond donors (Lipinski definition) is 1. The Morgan fingerprint density at radius 1 is 0.833 bits per heavy atom. The Kier molecular flexibility index (Phi) is 10.6. The highest BCUT2D eigenvalue weighted by Crippen LogP contribution is 2.19. The number of methoxy groups -OCH3 is 1. The smallest absolute Gasteiger partial charge is 0.243 e. The fourth-order valence-corrected chi connectivity index (χ4v) is 4.12. The Balaban J connectivity index is 1.87. The van der Waals surface area contributed by atoms with Gasteiger partial charge in [0, 0.05) is 25.9 Å². The minimum Gasteiger partial charge on any atom is -0.497 e. The lowest BCUT2D eigenvalue weighted by Gasteiger charge is -2.32. The van der Waals surface area contributed by atoms with Crippen molar-refractivity contribution >= 4 is 11.8 Å². The molecule has 36 heavy (non-hydrogen) atoms. The van der Waals surface area contributed by atoms with Gasteiger partial charge in [-0.2, -0.15) is 0 Å². The molecule has 0 aliphatic heterocycles. The predicted molar refractivity (Wildman–Crippen MR) is 145 cm³/mol. The second-order valence-electron chi connectivity index (χ2n) is 9.53. The Hall–Kier alpha value is -3.60. The van der Waals surface area contributed by atoms with Crippen molar-refractivity contribution in [2.75, 3.05) is 13.7 Å². The van der Waals surface area contributed by atoms with Crippen LogP contribution in [0.2, 0.25) is 0 Å². The molecule has 5 nitrogen and oxygen atoms in total. The normalized spacial score (nSPS) is 11.7. The zero-order valence-electron chi connectivity index (χ0n) is 21.7. The summed E-state index contributed by atoms with van der Waals surface area (Å²) in [4.78, 5) is 29.0. The molecule has 0 heterocycles. The third-order valence-electron chi connectivity index (χ3n) is 6.27. The summed E-state index contributed by atoms with van der Waals surface area (Å²) in [5, 5.41) is 3.09. The van der Waals surface area contributed by atoms with Crippen LogP contribution in [0.3, 0.4) is 0 Å². The second-order valence-corrected chi connectivity index (χ2v) is 9.53. The van der Waals surface area contributed by atoms with Gasteiger partial charge in [0.15, 0.2) is 0 Å². The van der Waals surface area contributed by atoms with Crippen LogP contribution in [0.5, 0.6) is 5.75 Å². The molecule has 0 aromatic heterocycles. The number of nitrogens with one attached hydrogen (secondary N) is 1. The van der Waals surface area contributed by atoms with Crippen LogP contribution < -0.4 is 10.1 Å². The third kappa shape index (κ3) is 8.56. The fourth-order valence-electron chi connectivity index (χ4n) is 4.12. The average molecular weight is 487 g/mol. The van der Waals surface area contributed by atoms with E-state index in [0.29, 0.717) is 38.3 Å². The molecule has 3 aromatic rings. The van der Waals surface area contributed by atoms with Gasteiger partial charge in [0.2, 0.25) is 11.8 Å². The molecule has 3 rings (SSSR count). The van der Waals surface area contributed by atoms with Gasteiger partial charge < -0.3 is 15.0 Å². The van der Waals surface area contributed by atoms with E-state index in [4.69, 9.17) is 4.74 Å². The molecule has 5 heteroatoms. The van der Waals surface area contributed by atoms with Crippen LogP contribution >= 0.6 is 0 Å². The van der Waals surface area contributed by atoms with Gasteiger partial charge in [0.25, 0.3) is 0 Å². The first-order valence-corrected chi connectivity index (χ1v) is 12.7. The van der Waals surface area contributed by atoms with Crippen LogP contribution in [0.4, 0.5) is 0 Å². The number of carbonyl (C=O) groups excluding carboxylic acids is 2. The summed E-state index contributed by atoms with van der Waals surface area (Å²) in [7, 11) is 1.63. The van der Waals surface area contributed by atoms with E-state index in [1.165, 1.54) is 0 Å². The van der Waals surface area contributed by atoms with E-state index < -0.39 is 6.04 Å². The molecule has 0 fully saturated rings. The minimum atomic E-state index is -0.607. The highest BCUT2D eigenvalue weighted by molar-refractivity contribution is 5.88. The Labute approximate surface area is 215 Å². The summed E-state index contributed by atoms with van der Waals surface area (Å²) in [6.45, 7) is 5.22. The van der Waals surface area contributed by atoms with Gasteiger partial charge >= 0.3 is 0 Å². The first-order valence-electron chi connectivity index (χ1n) is 12.7. The molecular formula is C31H38N2O3. The van der Waals surface area contributed by atoms with Gasteiger partial charge in [-0.05, 0) is 47.6 Å². The second kappa shape index (κ2) is 14.1. The van der Waals surface area contributed by atoms with Crippen molar-refractivity contribution in [2.24, 2.45) is 5.92 Å². The van der Waals surface area contributed by atoms with Crippen LogP contribution in [-0.4, -0.2) is 36.4 Å². The van der Waals surface area contributed by atoms with Crippen LogP contribution in [0.25, 0.3) is 0 Å². The van der Waals surface area contributed by atoms with Crippen molar-refractivity contribution in [1.82, 2.24) is 10.2 Å². The number of carbonyl (C=O) groups is 2. The Morgan fingerprint density at radius 2 is 1.44 bits per heavy atom. The maximum absolute atomic E-state index is 13.7. The molecule has 0 aliphatic rings. The van der Waals surface area contributed by atoms with Gasteiger partial charge in [-0.15, -0.1) is 0 Å². The largest absolute Gasteiger partial charge is 0.497 e. The molecule has 0 bridgehead atoms. The topological polar surface area (TPSA) is 58.6 Å².